The van der Waals surface area contributed by atoms with Crippen LogP contribution in [0.5, 0.6) is 0 Å². The van der Waals surface area contributed by atoms with Gasteiger partial charge in [-0.15, -0.1) is 24.0 Å². The molecule has 1 heterocycles. The highest BCUT2D eigenvalue weighted by atomic mass is 127. The van der Waals surface area contributed by atoms with Gasteiger partial charge in [-0.3, -0.25) is 9.89 Å². The predicted octanol–water partition coefficient (Wildman–Crippen LogP) is 3.36. The maximum atomic E-state index is 5.09. The second kappa shape index (κ2) is 12.1. The maximum absolute atomic E-state index is 5.09. The zero-order valence-electron chi connectivity index (χ0n) is 15.4. The number of guanidine groups is 1. The molecule has 1 unspecified atom stereocenters. The first-order chi connectivity index (χ1) is 11.7. The molecular formula is C18H30BrIN4O. The smallest absolute Gasteiger partial charge is 0.193 e. The van der Waals surface area contributed by atoms with E-state index >= 15 is 0 Å². The number of hydrogen-bond acceptors (Lipinski definition) is 3. The van der Waals surface area contributed by atoms with Crippen LogP contribution in [0, 0.1) is 0 Å². The van der Waals surface area contributed by atoms with Gasteiger partial charge >= 0.3 is 0 Å². The fourth-order valence-electron chi connectivity index (χ4n) is 3.02. The van der Waals surface area contributed by atoms with Gasteiger partial charge in [0.1, 0.15) is 0 Å². The molecule has 1 saturated heterocycles. The Kier molecular flexibility index (Phi) is 11.0. The average molecular weight is 525 g/mol. The highest BCUT2D eigenvalue weighted by Crippen LogP contribution is 2.23. The van der Waals surface area contributed by atoms with Crippen molar-refractivity contribution < 1.29 is 4.74 Å². The monoisotopic (exact) mass is 524 g/mol. The molecule has 142 valence electrons. The van der Waals surface area contributed by atoms with Gasteiger partial charge in [0.05, 0.1) is 0 Å². The van der Waals surface area contributed by atoms with Crippen molar-refractivity contribution in [3.05, 3.63) is 34.3 Å². The molecule has 1 atom stereocenters. The molecule has 2 rings (SSSR count). The summed E-state index contributed by atoms with van der Waals surface area (Å²) in [6.45, 7) is 8.08. The van der Waals surface area contributed by atoms with E-state index < -0.39 is 0 Å². The Hall–Kier alpha value is -0.380. The maximum Gasteiger partial charge on any atom is 0.193 e. The van der Waals surface area contributed by atoms with Gasteiger partial charge in [-0.1, -0.05) is 28.1 Å². The summed E-state index contributed by atoms with van der Waals surface area (Å²) in [6, 6.07) is 9.09. The van der Waals surface area contributed by atoms with Crippen molar-refractivity contribution in [2.24, 2.45) is 4.99 Å². The summed E-state index contributed by atoms with van der Waals surface area (Å²) < 4.78 is 6.22. The Labute approximate surface area is 177 Å². The first-order valence-electron chi connectivity index (χ1n) is 8.59. The van der Waals surface area contributed by atoms with Gasteiger partial charge < -0.3 is 15.0 Å². The molecule has 0 spiro atoms. The van der Waals surface area contributed by atoms with E-state index in [-0.39, 0.29) is 24.0 Å². The lowest BCUT2D eigenvalue weighted by Gasteiger charge is -2.39. The van der Waals surface area contributed by atoms with E-state index in [4.69, 9.17) is 4.74 Å². The summed E-state index contributed by atoms with van der Waals surface area (Å²) in [6.07, 6.45) is 0.996. The van der Waals surface area contributed by atoms with Crippen molar-refractivity contribution in [1.29, 1.82) is 0 Å². The lowest BCUT2D eigenvalue weighted by Crippen LogP contribution is -2.53. The molecular weight excluding hydrogens is 495 g/mol. The quantitative estimate of drug-likeness (QED) is 0.268. The molecule has 0 radical (unpaired) electrons. The molecule has 0 aliphatic carbocycles. The van der Waals surface area contributed by atoms with Crippen molar-refractivity contribution in [3.63, 3.8) is 0 Å². The molecule has 0 amide bonds. The predicted molar refractivity (Wildman–Crippen MR) is 119 cm³/mol. The van der Waals surface area contributed by atoms with E-state index in [2.05, 4.69) is 67.2 Å². The van der Waals surface area contributed by atoms with Crippen LogP contribution in [0.2, 0.25) is 0 Å². The highest BCUT2D eigenvalue weighted by molar-refractivity contribution is 14.0. The number of halogens is 2. The van der Waals surface area contributed by atoms with Crippen molar-refractivity contribution in [3.8, 4) is 0 Å². The molecule has 5 nitrogen and oxygen atoms in total. The fraction of sp³-hybridized carbons (Fsp3) is 0.611. The number of hydrogen-bond donors (Lipinski definition) is 1. The van der Waals surface area contributed by atoms with Crippen molar-refractivity contribution >= 4 is 45.9 Å². The fourth-order valence-corrected chi connectivity index (χ4v) is 3.29. The number of rotatable bonds is 6. The van der Waals surface area contributed by atoms with E-state index in [0.717, 1.165) is 56.2 Å². The van der Waals surface area contributed by atoms with Gasteiger partial charge in [0.25, 0.3) is 0 Å². The minimum absolute atomic E-state index is 0. The molecule has 0 aromatic heterocycles. The van der Waals surface area contributed by atoms with Crippen LogP contribution in [-0.4, -0.2) is 69.2 Å². The minimum atomic E-state index is 0. The molecule has 1 aliphatic heterocycles. The molecule has 1 aliphatic rings. The third-order valence-corrected chi connectivity index (χ3v) is 5.06. The third kappa shape index (κ3) is 7.03. The summed E-state index contributed by atoms with van der Waals surface area (Å²) in [5, 5.41) is 3.43. The van der Waals surface area contributed by atoms with Gasteiger partial charge in [0, 0.05) is 64.0 Å². The normalized spacial score (nSPS) is 17.1. The van der Waals surface area contributed by atoms with Gasteiger partial charge in [0.15, 0.2) is 5.96 Å². The van der Waals surface area contributed by atoms with Crippen LogP contribution in [0.1, 0.15) is 24.9 Å². The molecule has 1 N–H and O–H groups in total. The molecule has 1 aromatic rings. The van der Waals surface area contributed by atoms with E-state index in [1.54, 1.807) is 7.11 Å². The summed E-state index contributed by atoms with van der Waals surface area (Å²) in [4.78, 5) is 9.30. The Morgan fingerprint density at radius 3 is 2.44 bits per heavy atom. The SMILES string of the molecule is CN=C(NCCCOC)N1CCN(C(C)c2ccc(Br)cc2)CC1.I. The number of methoxy groups -OCH3 is 1. The third-order valence-electron chi connectivity index (χ3n) is 4.53. The largest absolute Gasteiger partial charge is 0.385 e. The number of nitrogens with zero attached hydrogens (tertiary/aromatic N) is 3. The Morgan fingerprint density at radius 2 is 1.88 bits per heavy atom. The molecule has 0 bridgehead atoms. The molecule has 7 heteroatoms. The summed E-state index contributed by atoms with van der Waals surface area (Å²) in [5.74, 6) is 1.00. The Balaban J connectivity index is 0.00000312. The molecule has 1 fully saturated rings. The van der Waals surface area contributed by atoms with E-state index in [1.165, 1.54) is 5.56 Å². The summed E-state index contributed by atoms with van der Waals surface area (Å²) in [5.41, 5.74) is 1.37. The van der Waals surface area contributed by atoms with E-state index in [1.807, 2.05) is 7.05 Å². The van der Waals surface area contributed by atoms with Crippen molar-refractivity contribution in [1.82, 2.24) is 15.1 Å². The van der Waals surface area contributed by atoms with Gasteiger partial charge in [-0.2, -0.15) is 0 Å². The van der Waals surface area contributed by atoms with Gasteiger partial charge in [0.2, 0.25) is 0 Å². The average Bonchev–Trinajstić information content (AvgIpc) is 2.62. The Morgan fingerprint density at radius 1 is 1.24 bits per heavy atom. The van der Waals surface area contributed by atoms with Crippen LogP contribution in [0.25, 0.3) is 0 Å². The lowest BCUT2D eigenvalue weighted by atomic mass is 10.1. The van der Waals surface area contributed by atoms with Crippen molar-refractivity contribution in [2.75, 3.05) is 53.5 Å². The standard InChI is InChI=1S/C18H29BrN4O.HI/c1-15(16-5-7-17(19)8-6-16)22-10-12-23(13-11-22)18(20-2)21-9-4-14-24-3;/h5-8,15H,4,9-14H2,1-3H3,(H,20,21);1H. The second-order valence-electron chi connectivity index (χ2n) is 6.07. The minimum Gasteiger partial charge on any atom is -0.385 e. The molecule has 25 heavy (non-hydrogen) atoms. The molecule has 0 saturated carbocycles. The number of benzene rings is 1. The highest BCUT2D eigenvalue weighted by Gasteiger charge is 2.23. The Bertz CT molecular complexity index is 518. The van der Waals surface area contributed by atoms with Crippen LogP contribution in [-0.2, 0) is 4.74 Å². The first kappa shape index (κ1) is 22.7. The van der Waals surface area contributed by atoms with Crippen LogP contribution >= 0.6 is 39.9 Å². The number of piperazine rings is 1. The van der Waals surface area contributed by atoms with E-state index in [0.29, 0.717) is 6.04 Å². The van der Waals surface area contributed by atoms with Crippen LogP contribution in [0.4, 0.5) is 0 Å². The number of ether oxygens (including phenoxy) is 1. The second-order valence-corrected chi connectivity index (χ2v) is 6.99. The number of aliphatic imine (C=N–C) groups is 1. The lowest BCUT2D eigenvalue weighted by molar-refractivity contribution is 0.138. The zero-order chi connectivity index (χ0) is 17.4. The van der Waals surface area contributed by atoms with Gasteiger partial charge in [-0.05, 0) is 31.0 Å². The van der Waals surface area contributed by atoms with Crippen LogP contribution < -0.4 is 5.32 Å². The topological polar surface area (TPSA) is 40.1 Å². The van der Waals surface area contributed by atoms with Crippen LogP contribution in [0.15, 0.2) is 33.7 Å². The zero-order valence-corrected chi connectivity index (χ0v) is 19.3. The summed E-state index contributed by atoms with van der Waals surface area (Å²) in [7, 11) is 3.59. The van der Waals surface area contributed by atoms with Gasteiger partial charge in [-0.25, -0.2) is 0 Å². The molecule has 1 aromatic carbocycles. The van der Waals surface area contributed by atoms with Crippen molar-refractivity contribution in [2.45, 2.75) is 19.4 Å². The number of nitrogens with one attached hydrogen (secondary N) is 1. The first-order valence-corrected chi connectivity index (χ1v) is 9.39. The van der Waals surface area contributed by atoms with E-state index in [9.17, 15) is 0 Å². The van der Waals surface area contributed by atoms with Crippen LogP contribution in [0.3, 0.4) is 0 Å². The summed E-state index contributed by atoms with van der Waals surface area (Å²) >= 11 is 3.50.